The fourth-order valence-corrected chi connectivity index (χ4v) is 3.51. The molecule has 1 saturated carbocycles. The van der Waals surface area contributed by atoms with E-state index in [0.29, 0.717) is 11.6 Å². The second kappa shape index (κ2) is 3.66. The molecule has 2 aliphatic rings. The molecule has 0 amide bonds. The van der Waals surface area contributed by atoms with Crippen LogP contribution >= 0.6 is 0 Å². The first-order valence-electron chi connectivity index (χ1n) is 6.77. The van der Waals surface area contributed by atoms with Gasteiger partial charge in [0, 0.05) is 12.6 Å². The van der Waals surface area contributed by atoms with Gasteiger partial charge in [0.2, 0.25) is 0 Å². The smallest absolute Gasteiger partial charge is 0.0639 e. The SMILES string of the molecule is Cc1cccc2c1N(C(C)C)C1(CCC1)CN2. The van der Waals surface area contributed by atoms with Crippen LogP contribution in [-0.2, 0) is 0 Å². The minimum atomic E-state index is 0.396. The van der Waals surface area contributed by atoms with Crippen LogP contribution in [0.15, 0.2) is 18.2 Å². The highest BCUT2D eigenvalue weighted by molar-refractivity contribution is 5.77. The van der Waals surface area contributed by atoms with Crippen molar-refractivity contribution in [2.24, 2.45) is 0 Å². The van der Waals surface area contributed by atoms with Crippen LogP contribution in [0.25, 0.3) is 0 Å². The van der Waals surface area contributed by atoms with Crippen molar-refractivity contribution in [2.45, 2.75) is 51.6 Å². The van der Waals surface area contributed by atoms with Gasteiger partial charge in [0.25, 0.3) is 0 Å². The van der Waals surface area contributed by atoms with Crippen molar-refractivity contribution in [1.29, 1.82) is 0 Å². The Kier molecular flexibility index (Phi) is 2.35. The molecule has 1 aromatic carbocycles. The summed E-state index contributed by atoms with van der Waals surface area (Å²) in [5.41, 5.74) is 4.55. The molecule has 0 saturated heterocycles. The zero-order valence-electron chi connectivity index (χ0n) is 11.1. The van der Waals surface area contributed by atoms with Crippen LogP contribution in [0.3, 0.4) is 0 Å². The number of fused-ring (bicyclic) bond motifs is 1. The number of hydrogen-bond acceptors (Lipinski definition) is 2. The normalized spacial score (nSPS) is 21.1. The van der Waals surface area contributed by atoms with E-state index in [-0.39, 0.29) is 0 Å². The molecule has 17 heavy (non-hydrogen) atoms. The highest BCUT2D eigenvalue weighted by atomic mass is 15.3. The third kappa shape index (κ3) is 1.46. The van der Waals surface area contributed by atoms with Gasteiger partial charge in [-0.25, -0.2) is 0 Å². The van der Waals surface area contributed by atoms with E-state index in [0.717, 1.165) is 6.54 Å². The number of hydrogen-bond donors (Lipinski definition) is 1. The molecule has 1 fully saturated rings. The Morgan fingerprint density at radius 1 is 1.29 bits per heavy atom. The average molecular weight is 230 g/mol. The summed E-state index contributed by atoms with van der Waals surface area (Å²) in [6.07, 6.45) is 4.06. The van der Waals surface area contributed by atoms with Crippen LogP contribution in [0.5, 0.6) is 0 Å². The van der Waals surface area contributed by atoms with Gasteiger partial charge in [-0.2, -0.15) is 0 Å². The molecular weight excluding hydrogens is 208 g/mol. The number of nitrogens with zero attached hydrogens (tertiary/aromatic N) is 1. The van der Waals surface area contributed by atoms with E-state index in [4.69, 9.17) is 0 Å². The van der Waals surface area contributed by atoms with Crippen LogP contribution < -0.4 is 10.2 Å². The lowest BCUT2D eigenvalue weighted by Gasteiger charge is -2.57. The molecule has 1 N–H and O–H groups in total. The molecule has 0 unspecified atom stereocenters. The van der Waals surface area contributed by atoms with Gasteiger partial charge in [0.1, 0.15) is 0 Å². The predicted octanol–water partition coefficient (Wildman–Crippen LogP) is 3.56. The fourth-order valence-electron chi connectivity index (χ4n) is 3.51. The van der Waals surface area contributed by atoms with Gasteiger partial charge < -0.3 is 10.2 Å². The van der Waals surface area contributed by atoms with E-state index in [2.05, 4.69) is 49.2 Å². The second-order valence-electron chi connectivity index (χ2n) is 5.87. The summed E-state index contributed by atoms with van der Waals surface area (Å²) in [5, 5.41) is 3.64. The van der Waals surface area contributed by atoms with Gasteiger partial charge in [-0.1, -0.05) is 12.1 Å². The summed E-state index contributed by atoms with van der Waals surface area (Å²) in [7, 11) is 0. The molecule has 1 spiro atoms. The van der Waals surface area contributed by atoms with Crippen molar-refractivity contribution < 1.29 is 0 Å². The first-order chi connectivity index (χ1) is 8.14. The van der Waals surface area contributed by atoms with Crippen LogP contribution in [0.2, 0.25) is 0 Å². The van der Waals surface area contributed by atoms with E-state index >= 15 is 0 Å². The predicted molar refractivity (Wildman–Crippen MR) is 73.9 cm³/mol. The Hall–Kier alpha value is -1.18. The monoisotopic (exact) mass is 230 g/mol. The van der Waals surface area contributed by atoms with E-state index in [1.54, 1.807) is 0 Å². The van der Waals surface area contributed by atoms with Crippen molar-refractivity contribution >= 4 is 11.4 Å². The van der Waals surface area contributed by atoms with Crippen molar-refractivity contribution in [3.05, 3.63) is 23.8 Å². The number of benzene rings is 1. The fraction of sp³-hybridized carbons (Fsp3) is 0.600. The Labute approximate surface area is 104 Å². The quantitative estimate of drug-likeness (QED) is 0.793. The zero-order valence-corrected chi connectivity index (χ0v) is 11.1. The largest absolute Gasteiger partial charge is 0.381 e. The molecule has 0 aromatic heterocycles. The average Bonchev–Trinajstić information content (AvgIpc) is 2.25. The van der Waals surface area contributed by atoms with Crippen LogP contribution in [0, 0.1) is 6.92 Å². The van der Waals surface area contributed by atoms with Gasteiger partial charge in [0.15, 0.2) is 0 Å². The number of nitrogens with one attached hydrogen (secondary N) is 1. The molecule has 1 heterocycles. The molecular formula is C15H22N2. The molecule has 3 rings (SSSR count). The van der Waals surface area contributed by atoms with Crippen molar-refractivity contribution in [3.63, 3.8) is 0 Å². The van der Waals surface area contributed by atoms with Crippen LogP contribution in [-0.4, -0.2) is 18.1 Å². The van der Waals surface area contributed by atoms with Gasteiger partial charge in [0.05, 0.1) is 16.9 Å². The first kappa shape index (κ1) is 10.9. The summed E-state index contributed by atoms with van der Waals surface area (Å²) in [6.45, 7) is 7.98. The zero-order chi connectivity index (χ0) is 12.0. The van der Waals surface area contributed by atoms with E-state index in [9.17, 15) is 0 Å². The van der Waals surface area contributed by atoms with Gasteiger partial charge in [-0.3, -0.25) is 0 Å². The first-order valence-corrected chi connectivity index (χ1v) is 6.77. The molecule has 0 atom stereocenters. The van der Waals surface area contributed by atoms with E-state index < -0.39 is 0 Å². The minimum Gasteiger partial charge on any atom is -0.381 e. The van der Waals surface area contributed by atoms with Crippen molar-refractivity contribution in [2.75, 3.05) is 16.8 Å². The summed E-state index contributed by atoms with van der Waals surface area (Å²) < 4.78 is 0. The molecule has 1 aromatic rings. The molecule has 2 heteroatoms. The lowest BCUT2D eigenvalue weighted by molar-refractivity contribution is 0.226. The lowest BCUT2D eigenvalue weighted by atomic mass is 9.72. The topological polar surface area (TPSA) is 15.3 Å². The summed E-state index contributed by atoms with van der Waals surface area (Å²) in [4.78, 5) is 2.68. The van der Waals surface area contributed by atoms with Crippen LogP contribution in [0.4, 0.5) is 11.4 Å². The van der Waals surface area contributed by atoms with E-state index in [1.807, 2.05) is 0 Å². The molecule has 92 valence electrons. The number of anilines is 2. The van der Waals surface area contributed by atoms with Crippen molar-refractivity contribution in [3.8, 4) is 0 Å². The van der Waals surface area contributed by atoms with Gasteiger partial charge in [-0.15, -0.1) is 0 Å². The highest BCUT2D eigenvalue weighted by Gasteiger charge is 2.46. The molecule has 2 nitrogen and oxygen atoms in total. The summed E-state index contributed by atoms with van der Waals surface area (Å²) in [5.74, 6) is 0. The van der Waals surface area contributed by atoms with Gasteiger partial charge >= 0.3 is 0 Å². The van der Waals surface area contributed by atoms with Gasteiger partial charge in [-0.05, 0) is 51.7 Å². The molecule has 1 aliphatic carbocycles. The number of para-hydroxylation sites is 1. The maximum absolute atomic E-state index is 3.64. The number of rotatable bonds is 1. The summed E-state index contributed by atoms with van der Waals surface area (Å²) in [6, 6.07) is 7.17. The standard InChI is InChI=1S/C15H22N2/c1-11(2)17-14-12(3)6-4-7-13(14)16-10-15(17)8-5-9-15/h4,6-7,11,16H,5,8-10H2,1-3H3. The second-order valence-corrected chi connectivity index (χ2v) is 5.87. The third-order valence-corrected chi connectivity index (χ3v) is 4.40. The van der Waals surface area contributed by atoms with Crippen molar-refractivity contribution in [1.82, 2.24) is 0 Å². The van der Waals surface area contributed by atoms with E-state index in [1.165, 1.54) is 36.2 Å². The summed E-state index contributed by atoms with van der Waals surface area (Å²) >= 11 is 0. The Balaban J connectivity index is 2.12. The highest BCUT2D eigenvalue weighted by Crippen LogP contribution is 2.48. The Morgan fingerprint density at radius 3 is 2.65 bits per heavy atom. The molecule has 1 aliphatic heterocycles. The number of aryl methyl sites for hydroxylation is 1. The maximum atomic E-state index is 3.64. The minimum absolute atomic E-state index is 0.396. The molecule has 0 bridgehead atoms. The molecule has 0 radical (unpaired) electrons. The van der Waals surface area contributed by atoms with Crippen LogP contribution in [0.1, 0.15) is 38.7 Å². The maximum Gasteiger partial charge on any atom is 0.0639 e. The lowest BCUT2D eigenvalue weighted by Crippen LogP contribution is -2.63. The third-order valence-electron chi connectivity index (χ3n) is 4.40. The Bertz CT molecular complexity index is 433. The Morgan fingerprint density at radius 2 is 2.06 bits per heavy atom.